The van der Waals surface area contributed by atoms with Crippen molar-refractivity contribution in [2.45, 2.75) is 25.4 Å². The number of alkyl halides is 2. The number of amides is 1. The maximum atomic E-state index is 12.8. The van der Waals surface area contributed by atoms with Crippen molar-refractivity contribution in [1.29, 1.82) is 0 Å². The molecule has 6 nitrogen and oxygen atoms in total. The Morgan fingerprint density at radius 1 is 1.10 bits per heavy atom. The van der Waals surface area contributed by atoms with Gasteiger partial charge in [-0.15, -0.1) is 0 Å². The van der Waals surface area contributed by atoms with Crippen LogP contribution in [0, 0.1) is 0 Å². The van der Waals surface area contributed by atoms with Crippen LogP contribution in [-0.2, 0) is 4.79 Å². The maximum Gasteiger partial charge on any atom is 0.387 e. The fraction of sp³-hybridized carbons (Fsp3) is 0.318. The molecule has 4 rings (SSSR count). The fourth-order valence-corrected chi connectivity index (χ4v) is 3.26. The summed E-state index contributed by atoms with van der Waals surface area (Å²) in [5, 5.41) is 8.87. The summed E-state index contributed by atoms with van der Waals surface area (Å²) in [7, 11) is 0. The molecule has 1 aliphatic carbocycles. The molecule has 0 bridgehead atoms. The second-order valence-electron chi connectivity index (χ2n) is 7.01. The number of halogens is 2. The Balaban J connectivity index is 1.46. The van der Waals surface area contributed by atoms with Crippen LogP contribution in [0.3, 0.4) is 0 Å². The van der Waals surface area contributed by atoms with Gasteiger partial charge in [0.1, 0.15) is 12.4 Å². The van der Waals surface area contributed by atoms with Crippen LogP contribution in [0.4, 0.5) is 14.5 Å². The Kier molecular flexibility index (Phi) is 5.85. The van der Waals surface area contributed by atoms with E-state index in [0.29, 0.717) is 17.4 Å². The summed E-state index contributed by atoms with van der Waals surface area (Å²) in [4.78, 5) is 14.2. The van der Waals surface area contributed by atoms with Crippen LogP contribution in [-0.4, -0.2) is 37.4 Å². The summed E-state index contributed by atoms with van der Waals surface area (Å²) in [5.74, 6) is 0.833. The SMILES string of the molecule is O=C1C(Oc2ccc(C3CC3)cc2)=CCN1c1ccc(OCCO)c(OC(F)F)c1. The molecular weight excluding hydrogens is 396 g/mol. The number of nitrogens with zero attached hydrogens (tertiary/aromatic N) is 1. The highest BCUT2D eigenvalue weighted by molar-refractivity contribution is 6.07. The van der Waals surface area contributed by atoms with Gasteiger partial charge in [0.05, 0.1) is 6.61 Å². The third-order valence-corrected chi connectivity index (χ3v) is 4.88. The zero-order valence-electron chi connectivity index (χ0n) is 16.1. The molecule has 1 saturated carbocycles. The summed E-state index contributed by atoms with van der Waals surface area (Å²) in [6, 6.07) is 12.0. The highest BCUT2D eigenvalue weighted by Crippen LogP contribution is 2.40. The molecule has 30 heavy (non-hydrogen) atoms. The zero-order chi connectivity index (χ0) is 21.1. The van der Waals surface area contributed by atoms with Crippen molar-refractivity contribution in [1.82, 2.24) is 0 Å². The normalized spacial score (nSPS) is 16.1. The second kappa shape index (κ2) is 8.71. The monoisotopic (exact) mass is 417 g/mol. The third kappa shape index (κ3) is 4.54. The molecule has 158 valence electrons. The van der Waals surface area contributed by atoms with E-state index in [1.54, 1.807) is 12.1 Å². The van der Waals surface area contributed by atoms with Gasteiger partial charge in [-0.25, -0.2) is 0 Å². The quantitative estimate of drug-likeness (QED) is 0.671. The summed E-state index contributed by atoms with van der Waals surface area (Å²) in [6.45, 7) is -3.16. The fourth-order valence-electron chi connectivity index (χ4n) is 3.26. The van der Waals surface area contributed by atoms with Crippen LogP contribution in [0.25, 0.3) is 0 Å². The van der Waals surface area contributed by atoms with Gasteiger partial charge in [0.25, 0.3) is 5.91 Å². The first kappa shape index (κ1) is 20.2. The van der Waals surface area contributed by atoms with Crippen molar-refractivity contribution in [3.63, 3.8) is 0 Å². The van der Waals surface area contributed by atoms with E-state index in [2.05, 4.69) is 4.74 Å². The number of ether oxygens (including phenoxy) is 3. The molecule has 0 atom stereocenters. The minimum absolute atomic E-state index is 0.0555. The van der Waals surface area contributed by atoms with E-state index in [-0.39, 0.29) is 42.9 Å². The first-order chi connectivity index (χ1) is 14.5. The topological polar surface area (TPSA) is 68.2 Å². The lowest BCUT2D eigenvalue weighted by atomic mass is 10.1. The Morgan fingerprint density at radius 2 is 1.87 bits per heavy atom. The number of aliphatic hydroxyl groups is 1. The van der Waals surface area contributed by atoms with Gasteiger partial charge in [-0.1, -0.05) is 12.1 Å². The van der Waals surface area contributed by atoms with Gasteiger partial charge in [-0.2, -0.15) is 8.78 Å². The minimum atomic E-state index is -3.05. The molecule has 1 aliphatic heterocycles. The van der Waals surface area contributed by atoms with E-state index in [1.807, 2.05) is 24.3 Å². The van der Waals surface area contributed by atoms with Gasteiger partial charge in [-0.3, -0.25) is 4.79 Å². The van der Waals surface area contributed by atoms with E-state index in [0.717, 1.165) is 0 Å². The van der Waals surface area contributed by atoms with Gasteiger partial charge in [-0.05, 0) is 54.7 Å². The van der Waals surface area contributed by atoms with Crippen LogP contribution >= 0.6 is 0 Å². The highest BCUT2D eigenvalue weighted by atomic mass is 19.3. The molecule has 2 aliphatic rings. The van der Waals surface area contributed by atoms with Gasteiger partial charge < -0.3 is 24.2 Å². The molecule has 0 spiro atoms. The van der Waals surface area contributed by atoms with Crippen molar-refractivity contribution in [3.8, 4) is 17.2 Å². The highest BCUT2D eigenvalue weighted by Gasteiger charge is 2.29. The van der Waals surface area contributed by atoms with Crippen molar-refractivity contribution >= 4 is 11.6 Å². The molecule has 0 unspecified atom stereocenters. The lowest BCUT2D eigenvalue weighted by molar-refractivity contribution is -0.116. The molecule has 2 aromatic rings. The molecular formula is C22H21F2NO5. The van der Waals surface area contributed by atoms with Crippen LogP contribution in [0.15, 0.2) is 54.3 Å². The van der Waals surface area contributed by atoms with E-state index in [1.165, 1.54) is 35.4 Å². The summed E-state index contributed by atoms with van der Waals surface area (Å²) in [6.07, 6.45) is 4.06. The first-order valence-corrected chi connectivity index (χ1v) is 9.67. The Labute approximate surface area is 172 Å². The Hall–Kier alpha value is -3.13. The predicted octanol–water partition coefficient (Wildman–Crippen LogP) is 3.85. The van der Waals surface area contributed by atoms with Crippen LogP contribution in [0.1, 0.15) is 24.3 Å². The molecule has 1 fully saturated rings. The van der Waals surface area contributed by atoms with Gasteiger partial charge in [0.2, 0.25) is 0 Å². The second-order valence-corrected chi connectivity index (χ2v) is 7.01. The van der Waals surface area contributed by atoms with Crippen molar-refractivity contribution in [2.24, 2.45) is 0 Å². The molecule has 1 heterocycles. The summed E-state index contributed by atoms with van der Waals surface area (Å²) in [5.41, 5.74) is 1.64. The Bertz CT molecular complexity index is 941. The molecule has 1 amide bonds. The number of hydrogen-bond acceptors (Lipinski definition) is 5. The average Bonchev–Trinajstić information content (AvgIpc) is 3.52. The van der Waals surface area contributed by atoms with E-state index >= 15 is 0 Å². The molecule has 0 aromatic heterocycles. The number of carbonyl (C=O) groups excluding carboxylic acids is 1. The standard InChI is InChI=1S/C22H21F2NO5/c23-22(24)30-20-13-16(5-8-18(20)28-12-11-26)25-10-9-19(21(25)27)29-17-6-3-15(4-7-17)14-1-2-14/h3-9,13-14,22,26H,1-2,10-12H2. The summed E-state index contributed by atoms with van der Waals surface area (Å²) < 4.78 is 41.0. The van der Waals surface area contributed by atoms with Gasteiger partial charge in [0.15, 0.2) is 17.3 Å². The first-order valence-electron chi connectivity index (χ1n) is 9.67. The van der Waals surface area contributed by atoms with Gasteiger partial charge >= 0.3 is 6.61 Å². The maximum absolute atomic E-state index is 12.8. The number of hydrogen-bond donors (Lipinski definition) is 1. The van der Waals surface area contributed by atoms with E-state index in [4.69, 9.17) is 14.6 Å². The lowest BCUT2D eigenvalue weighted by Crippen LogP contribution is -2.27. The largest absolute Gasteiger partial charge is 0.487 e. The van der Waals surface area contributed by atoms with Crippen LogP contribution in [0.5, 0.6) is 17.2 Å². The van der Waals surface area contributed by atoms with Crippen LogP contribution in [0.2, 0.25) is 0 Å². The van der Waals surface area contributed by atoms with Gasteiger partial charge in [0, 0.05) is 18.3 Å². The number of aliphatic hydroxyl groups excluding tert-OH is 1. The number of benzene rings is 2. The average molecular weight is 417 g/mol. The number of rotatable bonds is 9. The lowest BCUT2D eigenvalue weighted by Gasteiger charge is -2.19. The van der Waals surface area contributed by atoms with Crippen molar-refractivity contribution < 1.29 is 32.9 Å². The zero-order valence-corrected chi connectivity index (χ0v) is 16.1. The number of carbonyl (C=O) groups is 1. The van der Waals surface area contributed by atoms with Crippen molar-refractivity contribution in [3.05, 3.63) is 59.9 Å². The summed E-state index contributed by atoms with van der Waals surface area (Å²) >= 11 is 0. The molecule has 0 radical (unpaired) electrons. The van der Waals surface area contributed by atoms with E-state index in [9.17, 15) is 13.6 Å². The molecule has 1 N–H and O–H groups in total. The smallest absolute Gasteiger partial charge is 0.387 e. The molecule has 8 heteroatoms. The number of anilines is 1. The van der Waals surface area contributed by atoms with E-state index < -0.39 is 6.61 Å². The Morgan fingerprint density at radius 3 is 2.53 bits per heavy atom. The molecule has 0 saturated heterocycles. The molecule has 2 aromatic carbocycles. The predicted molar refractivity (Wildman–Crippen MR) is 105 cm³/mol. The third-order valence-electron chi connectivity index (χ3n) is 4.88. The van der Waals surface area contributed by atoms with Crippen LogP contribution < -0.4 is 19.1 Å². The van der Waals surface area contributed by atoms with Crippen molar-refractivity contribution in [2.75, 3.05) is 24.7 Å². The minimum Gasteiger partial charge on any atom is -0.487 e.